The first kappa shape index (κ1) is 20.8. The highest BCUT2D eigenvalue weighted by molar-refractivity contribution is 6.38. The summed E-state index contributed by atoms with van der Waals surface area (Å²) in [7, 11) is 0. The van der Waals surface area contributed by atoms with Gasteiger partial charge in [0.25, 0.3) is 5.91 Å². The number of halogens is 1. The molecule has 5 rings (SSSR count). The van der Waals surface area contributed by atoms with Gasteiger partial charge in [-0.1, -0.05) is 60.1 Å². The molecule has 0 radical (unpaired) electrons. The van der Waals surface area contributed by atoms with E-state index in [2.05, 4.69) is 39.8 Å². The summed E-state index contributed by atoms with van der Waals surface area (Å²) >= 11 is 6.14. The molecule has 162 valence electrons. The Morgan fingerprint density at radius 3 is 2.50 bits per heavy atom. The van der Waals surface area contributed by atoms with Gasteiger partial charge in [0.05, 0.1) is 30.2 Å². The quantitative estimate of drug-likeness (QED) is 0.536. The maximum atomic E-state index is 13.0. The lowest BCUT2D eigenvalue weighted by Gasteiger charge is -2.26. The third kappa shape index (κ3) is 4.41. The Bertz CT molecular complexity index is 1150. The second-order valence-electron chi connectivity index (χ2n) is 7.97. The van der Waals surface area contributed by atoms with Gasteiger partial charge in [0.1, 0.15) is 0 Å². The van der Waals surface area contributed by atoms with Gasteiger partial charge < -0.3 is 15.4 Å². The highest BCUT2D eigenvalue weighted by Crippen LogP contribution is 2.38. The second-order valence-corrected chi connectivity index (χ2v) is 8.41. The number of nitrogens with zero attached hydrogens (tertiary/aromatic N) is 1. The average molecular weight is 446 g/mol. The van der Waals surface area contributed by atoms with Gasteiger partial charge in [-0.25, -0.2) is 0 Å². The minimum Gasteiger partial charge on any atom is -0.379 e. The molecule has 0 atom stereocenters. The predicted octanol–water partition coefficient (Wildman–Crippen LogP) is 5.10. The molecule has 5 nitrogen and oxygen atoms in total. The molecule has 2 aliphatic heterocycles. The van der Waals surface area contributed by atoms with Crippen molar-refractivity contribution in [2.75, 3.05) is 36.9 Å². The number of fused-ring (bicyclic) bond motifs is 1. The topological polar surface area (TPSA) is 53.6 Å². The molecule has 1 amide bonds. The fourth-order valence-corrected chi connectivity index (χ4v) is 4.30. The van der Waals surface area contributed by atoms with Crippen LogP contribution in [0.1, 0.15) is 16.7 Å². The Morgan fingerprint density at radius 2 is 1.75 bits per heavy atom. The highest BCUT2D eigenvalue weighted by atomic mass is 35.5. The van der Waals surface area contributed by atoms with Crippen molar-refractivity contribution >= 4 is 40.2 Å². The average Bonchev–Trinajstić information content (AvgIpc) is 3.14. The molecule has 0 aliphatic carbocycles. The largest absolute Gasteiger partial charge is 0.379 e. The van der Waals surface area contributed by atoms with Crippen molar-refractivity contribution in [3.8, 4) is 0 Å². The summed E-state index contributed by atoms with van der Waals surface area (Å²) in [6.07, 6.45) is 0. The van der Waals surface area contributed by atoms with Crippen LogP contribution in [0.25, 0.3) is 11.3 Å². The number of ether oxygens (including phenoxy) is 1. The van der Waals surface area contributed by atoms with Gasteiger partial charge in [-0.15, -0.1) is 0 Å². The van der Waals surface area contributed by atoms with Crippen LogP contribution in [0.4, 0.5) is 11.4 Å². The number of anilines is 2. The molecule has 3 aromatic rings. The van der Waals surface area contributed by atoms with Gasteiger partial charge in [0.2, 0.25) is 0 Å². The monoisotopic (exact) mass is 445 g/mol. The zero-order chi connectivity index (χ0) is 21.9. The first-order chi connectivity index (χ1) is 15.7. The number of rotatable bonds is 5. The van der Waals surface area contributed by atoms with Gasteiger partial charge in [0.15, 0.2) is 0 Å². The molecule has 3 aromatic carbocycles. The van der Waals surface area contributed by atoms with Crippen LogP contribution in [0.15, 0.2) is 72.8 Å². The van der Waals surface area contributed by atoms with Crippen molar-refractivity contribution in [2.24, 2.45) is 0 Å². The van der Waals surface area contributed by atoms with Crippen LogP contribution in [0.3, 0.4) is 0 Å². The van der Waals surface area contributed by atoms with E-state index in [1.807, 2.05) is 42.5 Å². The molecule has 0 spiro atoms. The Morgan fingerprint density at radius 1 is 1.00 bits per heavy atom. The van der Waals surface area contributed by atoms with E-state index in [-0.39, 0.29) is 5.91 Å². The fraction of sp³-hybridized carbons (Fsp3) is 0.192. The number of hydrogen-bond acceptors (Lipinski definition) is 4. The van der Waals surface area contributed by atoms with E-state index in [0.717, 1.165) is 61.0 Å². The summed E-state index contributed by atoms with van der Waals surface area (Å²) in [6, 6.07) is 23.8. The number of hydrogen-bond donors (Lipinski definition) is 2. The summed E-state index contributed by atoms with van der Waals surface area (Å²) in [5, 5.41) is 7.04. The Labute approximate surface area is 192 Å². The second kappa shape index (κ2) is 9.17. The molecule has 2 N–H and O–H groups in total. The molecule has 0 unspecified atom stereocenters. The predicted molar refractivity (Wildman–Crippen MR) is 129 cm³/mol. The number of amides is 1. The van der Waals surface area contributed by atoms with Crippen LogP contribution in [-0.2, 0) is 16.1 Å². The Hall–Kier alpha value is -3.12. The first-order valence-corrected chi connectivity index (χ1v) is 11.1. The standard InChI is InChI=1S/C26H24ClN3O2/c27-20-8-11-22-23(16-20)29-26(31)24(22)25(19-4-2-1-3-5-19)28-21-9-6-18(7-10-21)17-30-12-14-32-15-13-30/h1-11,16,28H,12-15,17H2,(H,29,31)/b25-24-. The molecule has 2 heterocycles. The van der Waals surface area contributed by atoms with Crippen molar-refractivity contribution in [3.05, 3.63) is 94.5 Å². The Balaban J connectivity index is 1.47. The Kier molecular flexibility index (Phi) is 5.95. The van der Waals surface area contributed by atoms with Crippen LogP contribution >= 0.6 is 11.6 Å². The van der Waals surface area contributed by atoms with Crippen LogP contribution in [0.5, 0.6) is 0 Å². The summed E-state index contributed by atoms with van der Waals surface area (Å²) in [5.74, 6) is -0.141. The summed E-state index contributed by atoms with van der Waals surface area (Å²) in [5.41, 5.74) is 6.08. The van der Waals surface area contributed by atoms with Gasteiger partial charge in [0, 0.05) is 35.9 Å². The van der Waals surface area contributed by atoms with Crippen molar-refractivity contribution in [2.45, 2.75) is 6.54 Å². The molecule has 2 aliphatic rings. The van der Waals surface area contributed by atoms with Gasteiger partial charge in [-0.3, -0.25) is 9.69 Å². The van der Waals surface area contributed by atoms with E-state index in [9.17, 15) is 4.79 Å². The molecule has 6 heteroatoms. The van der Waals surface area contributed by atoms with E-state index in [4.69, 9.17) is 16.3 Å². The van der Waals surface area contributed by atoms with Crippen LogP contribution in [0, 0.1) is 0 Å². The fourth-order valence-electron chi connectivity index (χ4n) is 4.13. The van der Waals surface area contributed by atoms with Gasteiger partial charge >= 0.3 is 0 Å². The molecule has 1 fully saturated rings. The van der Waals surface area contributed by atoms with Crippen LogP contribution in [0.2, 0.25) is 5.02 Å². The van der Waals surface area contributed by atoms with E-state index in [0.29, 0.717) is 10.6 Å². The number of carbonyl (C=O) groups excluding carboxylic acids is 1. The van der Waals surface area contributed by atoms with E-state index in [1.54, 1.807) is 6.07 Å². The molecular formula is C26H24ClN3O2. The SMILES string of the molecule is O=C1Nc2cc(Cl)ccc2/C1=C(/Nc1ccc(CN2CCOCC2)cc1)c1ccccc1. The minimum atomic E-state index is -0.141. The van der Waals surface area contributed by atoms with Gasteiger partial charge in [-0.2, -0.15) is 0 Å². The maximum absolute atomic E-state index is 13.0. The third-order valence-corrected chi connectivity index (χ3v) is 6.01. The summed E-state index contributed by atoms with van der Waals surface area (Å²) in [4.78, 5) is 15.4. The van der Waals surface area contributed by atoms with Gasteiger partial charge in [-0.05, 0) is 35.4 Å². The lowest BCUT2D eigenvalue weighted by atomic mass is 10.00. The van der Waals surface area contributed by atoms with Crippen LogP contribution < -0.4 is 10.6 Å². The highest BCUT2D eigenvalue weighted by Gasteiger charge is 2.28. The smallest absolute Gasteiger partial charge is 0.258 e. The molecule has 0 aromatic heterocycles. The normalized spacial score (nSPS) is 17.6. The van der Waals surface area contributed by atoms with Crippen molar-refractivity contribution in [1.82, 2.24) is 4.90 Å². The first-order valence-electron chi connectivity index (χ1n) is 10.7. The van der Waals surface area contributed by atoms with Crippen molar-refractivity contribution < 1.29 is 9.53 Å². The number of benzene rings is 3. The number of morpholine rings is 1. The minimum absolute atomic E-state index is 0.141. The zero-order valence-electron chi connectivity index (χ0n) is 17.6. The lowest BCUT2D eigenvalue weighted by molar-refractivity contribution is -0.110. The molecule has 0 saturated carbocycles. The summed E-state index contributed by atoms with van der Waals surface area (Å²) < 4.78 is 5.43. The van der Waals surface area contributed by atoms with E-state index < -0.39 is 0 Å². The van der Waals surface area contributed by atoms with E-state index >= 15 is 0 Å². The number of nitrogens with one attached hydrogen (secondary N) is 2. The summed E-state index contributed by atoms with van der Waals surface area (Å²) in [6.45, 7) is 4.42. The third-order valence-electron chi connectivity index (χ3n) is 5.77. The van der Waals surface area contributed by atoms with Crippen molar-refractivity contribution in [1.29, 1.82) is 0 Å². The lowest BCUT2D eigenvalue weighted by Crippen LogP contribution is -2.35. The van der Waals surface area contributed by atoms with Crippen molar-refractivity contribution in [3.63, 3.8) is 0 Å². The zero-order valence-corrected chi connectivity index (χ0v) is 18.4. The molecule has 32 heavy (non-hydrogen) atoms. The van der Waals surface area contributed by atoms with Crippen LogP contribution in [-0.4, -0.2) is 37.1 Å². The maximum Gasteiger partial charge on any atom is 0.258 e. The molecular weight excluding hydrogens is 422 g/mol. The van der Waals surface area contributed by atoms with E-state index in [1.165, 1.54) is 5.56 Å². The molecule has 1 saturated heterocycles. The number of carbonyl (C=O) groups is 1. The molecule has 0 bridgehead atoms.